The average molecular weight is 268 g/mol. The molecule has 1 heterocycles. The van der Waals surface area contributed by atoms with E-state index in [1.54, 1.807) is 6.07 Å². The Balaban J connectivity index is 2.28. The van der Waals surface area contributed by atoms with Gasteiger partial charge in [-0.3, -0.25) is 0 Å². The number of ether oxygens (including phenoxy) is 2. The minimum Gasteiger partial charge on any atom is -0.488 e. The number of nitrogens with zero attached hydrogens (tertiary/aromatic N) is 1. The molecule has 1 atom stereocenters. The zero-order chi connectivity index (χ0) is 14.0. The van der Waals surface area contributed by atoms with E-state index in [0.717, 1.165) is 18.7 Å². The molecular weight excluding hydrogens is 247 g/mol. The molecule has 0 radical (unpaired) electrons. The molecule has 1 aliphatic heterocycles. The first-order valence-corrected chi connectivity index (χ1v) is 6.55. The van der Waals surface area contributed by atoms with Gasteiger partial charge in [0.05, 0.1) is 30.1 Å². The molecule has 1 aliphatic rings. The Bertz CT molecular complexity index is 445. The number of halogens is 1. The van der Waals surface area contributed by atoms with E-state index in [1.807, 2.05) is 25.8 Å². The van der Waals surface area contributed by atoms with Crippen LogP contribution in [0, 0.1) is 5.82 Å². The number of nitrogens with two attached hydrogens (primary N) is 1. The van der Waals surface area contributed by atoms with Gasteiger partial charge in [-0.1, -0.05) is 0 Å². The van der Waals surface area contributed by atoms with Gasteiger partial charge in [0, 0.05) is 25.8 Å². The highest BCUT2D eigenvalue weighted by atomic mass is 19.1. The fraction of sp³-hybridized carbons (Fsp3) is 0.571. The van der Waals surface area contributed by atoms with E-state index >= 15 is 0 Å². The lowest BCUT2D eigenvalue weighted by Crippen LogP contribution is -2.32. The van der Waals surface area contributed by atoms with Gasteiger partial charge in [0.15, 0.2) is 11.6 Å². The van der Waals surface area contributed by atoms with Crippen molar-refractivity contribution in [3.8, 4) is 5.75 Å². The topological polar surface area (TPSA) is 47.7 Å². The Labute approximate surface area is 113 Å². The number of likely N-dealkylation sites (N-methyl/N-ethyl adjacent to an activating group) is 1. The van der Waals surface area contributed by atoms with E-state index < -0.39 is 5.82 Å². The van der Waals surface area contributed by atoms with E-state index in [9.17, 15) is 4.39 Å². The first-order chi connectivity index (χ1) is 8.99. The third-order valence-electron chi connectivity index (χ3n) is 3.28. The predicted molar refractivity (Wildman–Crippen MR) is 74.2 cm³/mol. The molecule has 2 rings (SSSR count). The maximum Gasteiger partial charge on any atom is 0.167 e. The second-order valence-corrected chi connectivity index (χ2v) is 5.14. The number of rotatable bonds is 4. The van der Waals surface area contributed by atoms with Crippen LogP contribution in [0.4, 0.5) is 15.8 Å². The van der Waals surface area contributed by atoms with Crippen LogP contribution >= 0.6 is 0 Å². The molecule has 0 aromatic heterocycles. The molecule has 0 saturated carbocycles. The summed E-state index contributed by atoms with van der Waals surface area (Å²) in [6.07, 6.45) is 0.874. The third-order valence-corrected chi connectivity index (χ3v) is 3.28. The normalized spacial score (nSPS) is 18.9. The summed E-state index contributed by atoms with van der Waals surface area (Å²) in [5.41, 5.74) is 7.12. The maximum absolute atomic E-state index is 13.8. The number of nitrogen functional groups attached to an aromatic ring is 1. The minimum atomic E-state index is -0.425. The smallest absolute Gasteiger partial charge is 0.167 e. The fourth-order valence-corrected chi connectivity index (χ4v) is 2.23. The lowest BCUT2D eigenvalue weighted by atomic mass is 10.1. The molecule has 5 heteroatoms. The lowest BCUT2D eigenvalue weighted by molar-refractivity contribution is 0.193. The van der Waals surface area contributed by atoms with Gasteiger partial charge in [0.1, 0.15) is 0 Å². The van der Waals surface area contributed by atoms with E-state index in [1.165, 1.54) is 6.07 Å². The van der Waals surface area contributed by atoms with Crippen LogP contribution in [0.1, 0.15) is 20.3 Å². The number of hydrogen-bond acceptors (Lipinski definition) is 4. The molecule has 2 N–H and O–H groups in total. The van der Waals surface area contributed by atoms with Crippen LogP contribution in [-0.2, 0) is 4.74 Å². The van der Waals surface area contributed by atoms with Crippen molar-refractivity contribution in [3.63, 3.8) is 0 Å². The summed E-state index contributed by atoms with van der Waals surface area (Å²) in [6, 6.07) is 3.27. The van der Waals surface area contributed by atoms with Crippen LogP contribution in [0.5, 0.6) is 5.75 Å². The molecular formula is C14H21FN2O2. The Morgan fingerprint density at radius 2 is 2.21 bits per heavy atom. The van der Waals surface area contributed by atoms with Gasteiger partial charge in [-0.2, -0.15) is 0 Å². The molecule has 1 aromatic rings. The van der Waals surface area contributed by atoms with E-state index in [0.29, 0.717) is 12.3 Å². The van der Waals surface area contributed by atoms with Gasteiger partial charge in [-0.05, 0) is 20.3 Å². The SMILES string of the molecule is CC(C)Oc1cc(N(C)C2CCOC2)c(N)cc1F. The van der Waals surface area contributed by atoms with Crippen LogP contribution in [0.25, 0.3) is 0 Å². The van der Waals surface area contributed by atoms with Gasteiger partial charge < -0.3 is 20.1 Å². The largest absolute Gasteiger partial charge is 0.488 e. The van der Waals surface area contributed by atoms with Crippen molar-refractivity contribution in [1.29, 1.82) is 0 Å². The third kappa shape index (κ3) is 3.10. The van der Waals surface area contributed by atoms with Gasteiger partial charge in [-0.15, -0.1) is 0 Å². The zero-order valence-corrected chi connectivity index (χ0v) is 11.6. The molecule has 1 unspecified atom stereocenters. The fourth-order valence-electron chi connectivity index (χ4n) is 2.23. The summed E-state index contributed by atoms with van der Waals surface area (Å²) >= 11 is 0. The van der Waals surface area contributed by atoms with E-state index in [2.05, 4.69) is 0 Å². The first kappa shape index (κ1) is 13.9. The summed E-state index contributed by atoms with van der Waals surface area (Å²) in [6.45, 7) is 5.16. The van der Waals surface area contributed by atoms with Crippen LogP contribution in [-0.4, -0.2) is 32.4 Å². The van der Waals surface area contributed by atoms with Crippen LogP contribution < -0.4 is 15.4 Å². The Kier molecular flexibility index (Phi) is 4.14. The highest BCUT2D eigenvalue weighted by Gasteiger charge is 2.23. The number of benzene rings is 1. The second kappa shape index (κ2) is 5.65. The molecule has 0 amide bonds. The summed E-state index contributed by atoms with van der Waals surface area (Å²) in [4.78, 5) is 2.04. The summed E-state index contributed by atoms with van der Waals surface area (Å²) in [7, 11) is 1.95. The van der Waals surface area contributed by atoms with Crippen molar-refractivity contribution in [3.05, 3.63) is 17.9 Å². The van der Waals surface area contributed by atoms with Crippen molar-refractivity contribution < 1.29 is 13.9 Å². The summed E-state index contributed by atoms with van der Waals surface area (Å²) in [5, 5.41) is 0. The van der Waals surface area contributed by atoms with Gasteiger partial charge >= 0.3 is 0 Å². The highest BCUT2D eigenvalue weighted by Crippen LogP contribution is 2.33. The Morgan fingerprint density at radius 1 is 1.47 bits per heavy atom. The standard InChI is InChI=1S/C14H21FN2O2/c1-9(2)19-14-7-13(12(16)6-11(14)15)17(3)10-4-5-18-8-10/h6-7,9-10H,4-5,8,16H2,1-3H3. The van der Waals surface area contributed by atoms with Crippen LogP contribution in [0.3, 0.4) is 0 Å². The van der Waals surface area contributed by atoms with Crippen molar-refractivity contribution in [2.24, 2.45) is 0 Å². The molecule has 1 saturated heterocycles. The molecule has 19 heavy (non-hydrogen) atoms. The highest BCUT2D eigenvalue weighted by molar-refractivity contribution is 5.70. The minimum absolute atomic E-state index is 0.0777. The molecule has 1 fully saturated rings. The molecule has 106 valence electrons. The monoisotopic (exact) mass is 268 g/mol. The van der Waals surface area contributed by atoms with Crippen molar-refractivity contribution in [2.45, 2.75) is 32.4 Å². The second-order valence-electron chi connectivity index (χ2n) is 5.14. The molecule has 4 nitrogen and oxygen atoms in total. The molecule has 0 bridgehead atoms. The maximum atomic E-state index is 13.8. The van der Waals surface area contributed by atoms with Crippen LogP contribution in [0.15, 0.2) is 12.1 Å². The summed E-state index contributed by atoms with van der Waals surface area (Å²) in [5.74, 6) is -0.184. The summed E-state index contributed by atoms with van der Waals surface area (Å²) < 4.78 is 24.6. The van der Waals surface area contributed by atoms with Crippen LogP contribution in [0.2, 0.25) is 0 Å². The molecule has 0 aliphatic carbocycles. The Hall–Kier alpha value is -1.49. The lowest BCUT2D eigenvalue weighted by Gasteiger charge is -2.27. The van der Waals surface area contributed by atoms with Crippen molar-refractivity contribution >= 4 is 11.4 Å². The average Bonchev–Trinajstić information content (AvgIpc) is 2.85. The number of anilines is 2. The molecule has 1 aromatic carbocycles. The number of hydrogen-bond donors (Lipinski definition) is 1. The van der Waals surface area contributed by atoms with Gasteiger partial charge in [-0.25, -0.2) is 4.39 Å². The first-order valence-electron chi connectivity index (χ1n) is 6.55. The van der Waals surface area contributed by atoms with E-state index in [-0.39, 0.29) is 17.9 Å². The quantitative estimate of drug-likeness (QED) is 0.852. The van der Waals surface area contributed by atoms with Crippen molar-refractivity contribution in [2.75, 3.05) is 30.9 Å². The van der Waals surface area contributed by atoms with E-state index in [4.69, 9.17) is 15.2 Å². The van der Waals surface area contributed by atoms with Crippen molar-refractivity contribution in [1.82, 2.24) is 0 Å². The predicted octanol–water partition coefficient (Wildman–Crippen LogP) is 2.42. The van der Waals surface area contributed by atoms with Gasteiger partial charge in [0.2, 0.25) is 0 Å². The molecule has 0 spiro atoms. The Morgan fingerprint density at radius 3 is 2.79 bits per heavy atom. The van der Waals surface area contributed by atoms with Gasteiger partial charge in [0.25, 0.3) is 0 Å². The zero-order valence-electron chi connectivity index (χ0n) is 11.6.